The first-order valence-electron chi connectivity index (χ1n) is 6.41. The number of anilines is 1. The summed E-state index contributed by atoms with van der Waals surface area (Å²) >= 11 is 0. The van der Waals surface area contributed by atoms with Crippen LogP contribution in [0.15, 0.2) is 12.4 Å². The number of nitrogens with one attached hydrogen (secondary N) is 1. The maximum Gasteiger partial charge on any atom is 0.203 e. The molecule has 1 unspecified atom stereocenters. The van der Waals surface area contributed by atoms with Crippen LogP contribution in [0.4, 0.5) is 5.95 Å². The second kappa shape index (κ2) is 6.56. The summed E-state index contributed by atoms with van der Waals surface area (Å²) in [6.45, 7) is 10.00. The molecule has 1 aromatic rings. The molecule has 1 atom stereocenters. The first-order valence-corrected chi connectivity index (χ1v) is 6.41. The molecular formula is C13H25N3. The minimum absolute atomic E-state index is 0.520. The zero-order chi connectivity index (χ0) is 12.0. The van der Waals surface area contributed by atoms with Crippen LogP contribution in [0.5, 0.6) is 0 Å². The molecule has 0 saturated heterocycles. The molecule has 0 aromatic carbocycles. The van der Waals surface area contributed by atoms with E-state index in [-0.39, 0.29) is 0 Å². The summed E-state index contributed by atoms with van der Waals surface area (Å²) < 4.78 is 2.25. The molecule has 0 saturated carbocycles. The molecule has 0 aliphatic rings. The van der Waals surface area contributed by atoms with E-state index in [9.17, 15) is 0 Å². The van der Waals surface area contributed by atoms with Crippen molar-refractivity contribution in [3.63, 3.8) is 0 Å². The van der Waals surface area contributed by atoms with Gasteiger partial charge >= 0.3 is 0 Å². The molecule has 1 heterocycles. The van der Waals surface area contributed by atoms with E-state index in [0.29, 0.717) is 6.04 Å². The van der Waals surface area contributed by atoms with Crippen molar-refractivity contribution in [1.82, 2.24) is 9.55 Å². The number of nitrogens with zero attached hydrogens (tertiary/aromatic N) is 2. The van der Waals surface area contributed by atoms with Crippen LogP contribution < -0.4 is 5.32 Å². The lowest BCUT2D eigenvalue weighted by atomic mass is 10.1. The molecular weight excluding hydrogens is 198 g/mol. The van der Waals surface area contributed by atoms with E-state index in [4.69, 9.17) is 0 Å². The van der Waals surface area contributed by atoms with Crippen LogP contribution in [0.1, 0.15) is 53.0 Å². The summed E-state index contributed by atoms with van der Waals surface area (Å²) in [6, 6.07) is 0.520. The van der Waals surface area contributed by atoms with Crippen molar-refractivity contribution in [3.8, 4) is 0 Å². The zero-order valence-electron chi connectivity index (χ0n) is 11.0. The molecule has 1 N–H and O–H groups in total. The minimum atomic E-state index is 0.520. The SMILES string of the molecule is CCCCNc1nccn1C(C)CC(C)C. The number of aromatic nitrogens is 2. The van der Waals surface area contributed by atoms with Crippen molar-refractivity contribution >= 4 is 5.95 Å². The Morgan fingerprint density at radius 3 is 2.75 bits per heavy atom. The van der Waals surface area contributed by atoms with Crippen LogP contribution in [0.2, 0.25) is 0 Å². The average molecular weight is 223 g/mol. The molecule has 1 rings (SSSR count). The Labute approximate surface area is 99.3 Å². The van der Waals surface area contributed by atoms with Gasteiger partial charge in [0, 0.05) is 25.0 Å². The maximum absolute atomic E-state index is 4.37. The third kappa shape index (κ3) is 3.87. The molecule has 0 fully saturated rings. The van der Waals surface area contributed by atoms with Gasteiger partial charge in [-0.1, -0.05) is 27.2 Å². The molecule has 0 spiro atoms. The first kappa shape index (κ1) is 13.1. The third-order valence-corrected chi connectivity index (χ3v) is 2.77. The monoisotopic (exact) mass is 223 g/mol. The van der Waals surface area contributed by atoms with Gasteiger partial charge in [0.15, 0.2) is 0 Å². The first-order chi connectivity index (χ1) is 7.65. The number of imidazole rings is 1. The van der Waals surface area contributed by atoms with Crippen molar-refractivity contribution in [2.75, 3.05) is 11.9 Å². The fourth-order valence-corrected chi connectivity index (χ4v) is 1.98. The molecule has 0 radical (unpaired) electrons. The molecule has 16 heavy (non-hydrogen) atoms. The van der Waals surface area contributed by atoms with Crippen molar-refractivity contribution in [2.45, 2.75) is 53.0 Å². The Balaban J connectivity index is 2.55. The van der Waals surface area contributed by atoms with Crippen molar-refractivity contribution in [2.24, 2.45) is 5.92 Å². The van der Waals surface area contributed by atoms with Crippen molar-refractivity contribution < 1.29 is 0 Å². The van der Waals surface area contributed by atoms with E-state index in [1.165, 1.54) is 19.3 Å². The Morgan fingerprint density at radius 1 is 1.38 bits per heavy atom. The van der Waals surface area contributed by atoms with Gasteiger partial charge in [-0.05, 0) is 25.7 Å². The smallest absolute Gasteiger partial charge is 0.203 e. The Morgan fingerprint density at radius 2 is 2.12 bits per heavy atom. The predicted octanol–water partition coefficient (Wildman–Crippen LogP) is 3.70. The second-order valence-corrected chi connectivity index (χ2v) is 4.92. The molecule has 0 amide bonds. The summed E-state index contributed by atoms with van der Waals surface area (Å²) in [7, 11) is 0. The van der Waals surface area contributed by atoms with Gasteiger partial charge < -0.3 is 9.88 Å². The van der Waals surface area contributed by atoms with Gasteiger partial charge in [0.05, 0.1) is 0 Å². The predicted molar refractivity (Wildman–Crippen MR) is 69.8 cm³/mol. The normalized spacial score (nSPS) is 13.1. The highest BCUT2D eigenvalue weighted by atomic mass is 15.2. The van der Waals surface area contributed by atoms with Gasteiger partial charge in [-0.3, -0.25) is 0 Å². The van der Waals surface area contributed by atoms with Crippen LogP contribution in [-0.2, 0) is 0 Å². The highest BCUT2D eigenvalue weighted by Gasteiger charge is 2.10. The summed E-state index contributed by atoms with van der Waals surface area (Å²) in [5.41, 5.74) is 0. The van der Waals surface area contributed by atoms with E-state index < -0.39 is 0 Å². The molecule has 1 aromatic heterocycles. The van der Waals surface area contributed by atoms with E-state index in [1.54, 1.807) is 0 Å². The lowest BCUT2D eigenvalue weighted by Gasteiger charge is -2.18. The zero-order valence-corrected chi connectivity index (χ0v) is 11.0. The highest BCUT2D eigenvalue weighted by Crippen LogP contribution is 2.20. The maximum atomic E-state index is 4.37. The van der Waals surface area contributed by atoms with Gasteiger partial charge in [0.2, 0.25) is 5.95 Å². The van der Waals surface area contributed by atoms with Crippen LogP contribution in [0, 0.1) is 5.92 Å². The van der Waals surface area contributed by atoms with Crippen LogP contribution in [-0.4, -0.2) is 16.1 Å². The lowest BCUT2D eigenvalue weighted by Crippen LogP contribution is -2.13. The number of hydrogen-bond acceptors (Lipinski definition) is 2. The standard InChI is InChI=1S/C13H25N3/c1-5-6-7-14-13-15-8-9-16(13)12(4)10-11(2)3/h8-9,11-12H,5-7,10H2,1-4H3,(H,14,15). The third-order valence-electron chi connectivity index (χ3n) is 2.77. The molecule has 3 heteroatoms. The molecule has 0 bridgehead atoms. The van der Waals surface area contributed by atoms with Crippen LogP contribution >= 0.6 is 0 Å². The Bertz CT molecular complexity index is 291. The number of unbranched alkanes of at least 4 members (excludes halogenated alkanes) is 1. The van der Waals surface area contributed by atoms with Gasteiger partial charge in [0.25, 0.3) is 0 Å². The molecule has 92 valence electrons. The minimum Gasteiger partial charge on any atom is -0.356 e. The van der Waals surface area contributed by atoms with E-state index in [2.05, 4.69) is 48.8 Å². The largest absolute Gasteiger partial charge is 0.356 e. The number of hydrogen-bond donors (Lipinski definition) is 1. The average Bonchev–Trinajstić information content (AvgIpc) is 2.65. The molecule has 0 aliphatic heterocycles. The van der Waals surface area contributed by atoms with E-state index >= 15 is 0 Å². The molecule has 3 nitrogen and oxygen atoms in total. The van der Waals surface area contributed by atoms with Crippen molar-refractivity contribution in [1.29, 1.82) is 0 Å². The number of rotatable bonds is 7. The van der Waals surface area contributed by atoms with Gasteiger partial charge in [0.1, 0.15) is 0 Å². The van der Waals surface area contributed by atoms with Crippen LogP contribution in [0.3, 0.4) is 0 Å². The summed E-state index contributed by atoms with van der Waals surface area (Å²) in [4.78, 5) is 4.37. The topological polar surface area (TPSA) is 29.9 Å². The molecule has 0 aliphatic carbocycles. The fraction of sp³-hybridized carbons (Fsp3) is 0.769. The lowest BCUT2D eigenvalue weighted by molar-refractivity contribution is 0.430. The Kier molecular flexibility index (Phi) is 5.36. The van der Waals surface area contributed by atoms with Gasteiger partial charge in [-0.2, -0.15) is 0 Å². The highest BCUT2D eigenvalue weighted by molar-refractivity contribution is 5.26. The van der Waals surface area contributed by atoms with Gasteiger partial charge in [-0.25, -0.2) is 4.98 Å². The fourth-order valence-electron chi connectivity index (χ4n) is 1.98. The summed E-state index contributed by atoms with van der Waals surface area (Å²) in [6.07, 6.45) is 7.56. The van der Waals surface area contributed by atoms with E-state index in [0.717, 1.165) is 18.4 Å². The Hall–Kier alpha value is -0.990. The second-order valence-electron chi connectivity index (χ2n) is 4.92. The van der Waals surface area contributed by atoms with Crippen molar-refractivity contribution in [3.05, 3.63) is 12.4 Å². The van der Waals surface area contributed by atoms with Gasteiger partial charge in [-0.15, -0.1) is 0 Å². The quantitative estimate of drug-likeness (QED) is 0.714. The van der Waals surface area contributed by atoms with Crippen LogP contribution in [0.25, 0.3) is 0 Å². The van der Waals surface area contributed by atoms with E-state index in [1.807, 2.05) is 6.20 Å². The summed E-state index contributed by atoms with van der Waals surface area (Å²) in [5, 5.41) is 3.40. The summed E-state index contributed by atoms with van der Waals surface area (Å²) in [5.74, 6) is 1.74.